The first-order valence-corrected chi connectivity index (χ1v) is 6.54. The quantitative estimate of drug-likeness (QED) is 0.889. The fraction of sp³-hybridized carbons (Fsp3) is 0.231. The molecule has 0 spiro atoms. The van der Waals surface area contributed by atoms with Gasteiger partial charge in [-0.15, -0.1) is 11.3 Å². The summed E-state index contributed by atoms with van der Waals surface area (Å²) in [5, 5.41) is 8.57. The molecule has 0 radical (unpaired) electrons. The highest BCUT2D eigenvalue weighted by Crippen LogP contribution is 2.16. The first-order valence-electron chi connectivity index (χ1n) is 5.66. The molecule has 5 heteroatoms. The van der Waals surface area contributed by atoms with Crippen molar-refractivity contribution in [1.29, 1.82) is 0 Å². The van der Waals surface area contributed by atoms with E-state index in [4.69, 9.17) is 0 Å². The third kappa shape index (κ3) is 3.07. The number of aromatic nitrogens is 1. The van der Waals surface area contributed by atoms with Crippen LogP contribution >= 0.6 is 11.3 Å². The topological polar surface area (TPSA) is 54.0 Å². The molecule has 0 saturated heterocycles. The summed E-state index contributed by atoms with van der Waals surface area (Å²) in [7, 11) is 1.82. The summed E-state index contributed by atoms with van der Waals surface area (Å²) in [5.41, 5.74) is 2.70. The van der Waals surface area contributed by atoms with Crippen molar-refractivity contribution in [3.63, 3.8) is 0 Å². The number of hydrogen-bond acceptors (Lipinski definition) is 4. The maximum Gasteiger partial charge on any atom is 0.230 e. The van der Waals surface area contributed by atoms with E-state index in [1.165, 1.54) is 11.3 Å². The first kappa shape index (κ1) is 12.6. The van der Waals surface area contributed by atoms with Crippen LogP contribution < -0.4 is 10.6 Å². The summed E-state index contributed by atoms with van der Waals surface area (Å²) < 4.78 is 0. The van der Waals surface area contributed by atoms with Crippen LogP contribution in [0.1, 0.15) is 11.3 Å². The minimum Gasteiger partial charge on any atom is -0.365 e. The Hall–Kier alpha value is -1.88. The molecule has 2 aromatic rings. The van der Waals surface area contributed by atoms with Crippen LogP contribution in [0, 0.1) is 6.92 Å². The lowest BCUT2D eigenvalue weighted by molar-refractivity contribution is -0.115. The predicted molar refractivity (Wildman–Crippen MR) is 75.2 cm³/mol. The van der Waals surface area contributed by atoms with E-state index in [1.807, 2.05) is 43.6 Å². The Morgan fingerprint density at radius 2 is 2.17 bits per heavy atom. The lowest BCUT2D eigenvalue weighted by Crippen LogP contribution is -2.15. The van der Waals surface area contributed by atoms with Gasteiger partial charge in [0.25, 0.3) is 0 Å². The van der Waals surface area contributed by atoms with Crippen LogP contribution in [-0.2, 0) is 11.2 Å². The van der Waals surface area contributed by atoms with Gasteiger partial charge in [0.15, 0.2) is 5.13 Å². The van der Waals surface area contributed by atoms with Crippen LogP contribution in [0.5, 0.6) is 0 Å². The highest BCUT2D eigenvalue weighted by atomic mass is 32.1. The Morgan fingerprint density at radius 1 is 1.39 bits per heavy atom. The second-order valence-electron chi connectivity index (χ2n) is 3.93. The first-order chi connectivity index (χ1) is 8.69. The minimum absolute atomic E-state index is 0.0442. The van der Waals surface area contributed by atoms with Crippen LogP contribution in [-0.4, -0.2) is 17.9 Å². The molecule has 4 nitrogen and oxygen atoms in total. The third-order valence-corrected chi connectivity index (χ3v) is 3.44. The molecule has 0 atom stereocenters. The summed E-state index contributed by atoms with van der Waals surface area (Å²) in [6.45, 7) is 1.97. The maximum absolute atomic E-state index is 11.9. The molecule has 94 valence electrons. The van der Waals surface area contributed by atoms with Crippen molar-refractivity contribution in [2.45, 2.75) is 13.3 Å². The molecule has 0 fully saturated rings. The third-order valence-electron chi connectivity index (χ3n) is 2.53. The molecular formula is C13H15N3OS. The van der Waals surface area contributed by atoms with Gasteiger partial charge in [-0.1, -0.05) is 18.2 Å². The largest absolute Gasteiger partial charge is 0.365 e. The van der Waals surface area contributed by atoms with Crippen LogP contribution in [0.4, 0.5) is 10.8 Å². The average Bonchev–Trinajstić information content (AvgIpc) is 2.80. The molecule has 18 heavy (non-hydrogen) atoms. The molecule has 0 saturated carbocycles. The van der Waals surface area contributed by atoms with E-state index in [0.717, 1.165) is 22.1 Å². The van der Waals surface area contributed by atoms with E-state index in [0.29, 0.717) is 6.42 Å². The van der Waals surface area contributed by atoms with E-state index in [9.17, 15) is 4.79 Å². The van der Waals surface area contributed by atoms with Gasteiger partial charge >= 0.3 is 0 Å². The lowest BCUT2D eigenvalue weighted by Gasteiger charge is -2.06. The maximum atomic E-state index is 11.9. The standard InChI is InChI=1S/C13H15N3OS/c1-9-5-3-4-6-11(9)16-12(17)7-10-8-18-13(14-2)15-10/h3-6,8H,7H2,1-2H3,(H,14,15)(H,16,17). The number of thiazole rings is 1. The second-order valence-corrected chi connectivity index (χ2v) is 4.79. The molecule has 2 N–H and O–H groups in total. The van der Waals surface area contributed by atoms with Crippen LogP contribution in [0.3, 0.4) is 0 Å². The lowest BCUT2D eigenvalue weighted by atomic mass is 10.2. The van der Waals surface area contributed by atoms with Gasteiger partial charge in [0.05, 0.1) is 12.1 Å². The van der Waals surface area contributed by atoms with Gasteiger partial charge in [0.1, 0.15) is 0 Å². The van der Waals surface area contributed by atoms with E-state index in [1.54, 1.807) is 0 Å². The highest BCUT2D eigenvalue weighted by molar-refractivity contribution is 7.13. The number of hydrogen-bond donors (Lipinski definition) is 2. The molecule has 1 aromatic carbocycles. The fourth-order valence-electron chi connectivity index (χ4n) is 1.58. The summed E-state index contributed by atoms with van der Waals surface area (Å²) in [6, 6.07) is 7.72. The number of nitrogens with zero attached hydrogens (tertiary/aromatic N) is 1. The zero-order valence-electron chi connectivity index (χ0n) is 10.4. The van der Waals surface area contributed by atoms with E-state index in [-0.39, 0.29) is 5.91 Å². The number of nitrogens with one attached hydrogen (secondary N) is 2. The Morgan fingerprint density at radius 3 is 2.83 bits per heavy atom. The van der Waals surface area contributed by atoms with Gasteiger partial charge in [-0.3, -0.25) is 4.79 Å². The summed E-state index contributed by atoms with van der Waals surface area (Å²) in [6.07, 6.45) is 0.298. The molecule has 1 heterocycles. The van der Waals surface area contributed by atoms with Crippen molar-refractivity contribution in [3.05, 3.63) is 40.9 Å². The molecule has 0 unspecified atom stereocenters. The van der Waals surface area contributed by atoms with Crippen molar-refractivity contribution in [2.24, 2.45) is 0 Å². The van der Waals surface area contributed by atoms with Gasteiger partial charge in [-0.25, -0.2) is 4.98 Å². The smallest absolute Gasteiger partial charge is 0.230 e. The van der Waals surface area contributed by atoms with Crippen molar-refractivity contribution < 1.29 is 4.79 Å². The zero-order chi connectivity index (χ0) is 13.0. The zero-order valence-corrected chi connectivity index (χ0v) is 11.2. The fourth-order valence-corrected chi connectivity index (χ4v) is 2.25. The molecule has 0 bridgehead atoms. The normalized spacial score (nSPS) is 10.1. The van der Waals surface area contributed by atoms with Gasteiger partial charge in [-0.05, 0) is 18.6 Å². The molecule has 0 aliphatic heterocycles. The Kier molecular flexibility index (Phi) is 3.94. The van der Waals surface area contributed by atoms with Crippen LogP contribution in [0.25, 0.3) is 0 Å². The summed E-state index contributed by atoms with van der Waals surface area (Å²) in [4.78, 5) is 16.1. The number of amides is 1. The van der Waals surface area contributed by atoms with E-state index < -0.39 is 0 Å². The Labute approximate surface area is 110 Å². The number of rotatable bonds is 4. The SMILES string of the molecule is CNc1nc(CC(=O)Nc2ccccc2C)cs1. The number of carbonyl (C=O) groups is 1. The van der Waals surface area contributed by atoms with Crippen molar-refractivity contribution >= 4 is 28.1 Å². The molecule has 1 amide bonds. The number of aryl methyl sites for hydroxylation is 1. The van der Waals surface area contributed by atoms with E-state index >= 15 is 0 Å². The highest BCUT2D eigenvalue weighted by Gasteiger charge is 2.08. The number of benzene rings is 1. The molecule has 0 aliphatic rings. The number of carbonyl (C=O) groups excluding carboxylic acids is 1. The number of anilines is 2. The van der Waals surface area contributed by atoms with Gasteiger partial charge in [-0.2, -0.15) is 0 Å². The van der Waals surface area contributed by atoms with Gasteiger partial charge < -0.3 is 10.6 Å². The molecular weight excluding hydrogens is 246 g/mol. The van der Waals surface area contributed by atoms with Crippen molar-refractivity contribution in [1.82, 2.24) is 4.98 Å². The predicted octanol–water partition coefficient (Wildman–Crippen LogP) is 2.67. The van der Waals surface area contributed by atoms with Gasteiger partial charge in [0.2, 0.25) is 5.91 Å². The van der Waals surface area contributed by atoms with E-state index in [2.05, 4.69) is 15.6 Å². The Bertz CT molecular complexity index is 551. The molecule has 2 rings (SSSR count). The van der Waals surface area contributed by atoms with Crippen LogP contribution in [0.2, 0.25) is 0 Å². The number of para-hydroxylation sites is 1. The minimum atomic E-state index is -0.0442. The molecule has 1 aromatic heterocycles. The van der Waals surface area contributed by atoms with Crippen LogP contribution in [0.15, 0.2) is 29.6 Å². The van der Waals surface area contributed by atoms with Crippen molar-refractivity contribution in [2.75, 3.05) is 17.7 Å². The average molecular weight is 261 g/mol. The molecule has 0 aliphatic carbocycles. The van der Waals surface area contributed by atoms with Gasteiger partial charge in [0, 0.05) is 18.1 Å². The second kappa shape index (κ2) is 5.64. The summed E-state index contributed by atoms with van der Waals surface area (Å²) in [5.74, 6) is -0.0442. The Balaban J connectivity index is 1.99. The van der Waals surface area contributed by atoms with Crippen molar-refractivity contribution in [3.8, 4) is 0 Å². The monoisotopic (exact) mass is 261 g/mol. The summed E-state index contributed by atoms with van der Waals surface area (Å²) >= 11 is 1.50.